The van der Waals surface area contributed by atoms with Crippen LogP contribution in [0.1, 0.15) is 6.42 Å². The number of carbonyl (C=O) groups excluding carboxylic acids is 1. The second-order valence-corrected chi connectivity index (χ2v) is 2.66. The maximum Gasteiger partial charge on any atom is 0.327 e. The lowest BCUT2D eigenvalue weighted by Gasteiger charge is -2.22. The van der Waals surface area contributed by atoms with E-state index in [4.69, 9.17) is 5.11 Å². The summed E-state index contributed by atoms with van der Waals surface area (Å²) < 4.78 is 0. The van der Waals surface area contributed by atoms with Gasteiger partial charge < -0.3 is 10.0 Å². The molecule has 12 heavy (non-hydrogen) atoms. The van der Waals surface area contributed by atoms with Gasteiger partial charge in [-0.3, -0.25) is 4.79 Å². The first-order chi connectivity index (χ1) is 5.54. The van der Waals surface area contributed by atoms with Crippen molar-refractivity contribution in [3.8, 4) is 0 Å². The molecule has 0 saturated carbocycles. The van der Waals surface area contributed by atoms with Crippen LogP contribution in [0.25, 0.3) is 0 Å². The molecule has 1 N–H and O–H groups in total. The van der Waals surface area contributed by atoms with Gasteiger partial charge in [0.05, 0.1) is 0 Å². The minimum atomic E-state index is -1.05. The number of carbonyl (C=O) groups is 2. The number of rotatable bonds is 4. The molecule has 0 aromatic carbocycles. The van der Waals surface area contributed by atoms with Crippen molar-refractivity contribution in [2.45, 2.75) is 12.5 Å². The zero-order valence-corrected chi connectivity index (χ0v) is 7.75. The Labute approximate surface area is 77.0 Å². The van der Waals surface area contributed by atoms with E-state index in [2.05, 4.69) is 19.6 Å². The molecule has 0 rings (SSSR count). The van der Waals surface area contributed by atoms with E-state index >= 15 is 0 Å². The van der Waals surface area contributed by atoms with Crippen LogP contribution in [0.15, 0.2) is 0 Å². The van der Waals surface area contributed by atoms with E-state index in [0.29, 0.717) is 0 Å². The number of hydrogen-bond acceptors (Lipinski definition) is 3. The number of likely N-dealkylation sites (N-methyl/N-ethyl adjacent to an activating group) is 1. The first kappa shape index (κ1) is 11.3. The van der Waals surface area contributed by atoms with E-state index in [1.165, 1.54) is 7.05 Å². The normalized spacial score (nSPS) is 12.2. The molecule has 0 bridgehead atoms. The summed E-state index contributed by atoms with van der Waals surface area (Å²) in [5.74, 6) is -1.23. The number of hydrogen-bond donors (Lipinski definition) is 2. The second-order valence-electron chi connectivity index (χ2n) is 2.29. The monoisotopic (exact) mass is 190 g/mol. The van der Waals surface area contributed by atoms with Gasteiger partial charge in [0.25, 0.3) is 0 Å². The molecule has 1 radical (unpaired) electrons. The molecule has 4 nitrogen and oxygen atoms in total. The SMILES string of the molecule is [CH2]CC(=O)N(C)C(CS)C(=O)O. The topological polar surface area (TPSA) is 57.6 Å². The molecule has 0 aliphatic carbocycles. The molecule has 0 saturated heterocycles. The van der Waals surface area contributed by atoms with Crippen LogP contribution < -0.4 is 0 Å². The van der Waals surface area contributed by atoms with E-state index in [0.717, 1.165) is 4.90 Å². The third-order valence-electron chi connectivity index (χ3n) is 1.53. The fraction of sp³-hybridized carbons (Fsp3) is 0.571. The van der Waals surface area contributed by atoms with Crippen LogP contribution in [0.5, 0.6) is 0 Å². The Hall–Kier alpha value is -0.710. The summed E-state index contributed by atoms with van der Waals surface area (Å²) >= 11 is 3.83. The van der Waals surface area contributed by atoms with Gasteiger partial charge in [-0.25, -0.2) is 4.79 Å². The van der Waals surface area contributed by atoms with Gasteiger partial charge in [0.15, 0.2) is 0 Å². The summed E-state index contributed by atoms with van der Waals surface area (Å²) in [5.41, 5.74) is 0. The van der Waals surface area contributed by atoms with Crippen molar-refractivity contribution in [2.24, 2.45) is 0 Å². The van der Waals surface area contributed by atoms with Gasteiger partial charge >= 0.3 is 5.97 Å². The molecule has 69 valence electrons. The number of nitrogens with zero attached hydrogens (tertiary/aromatic N) is 1. The molecule has 0 spiro atoms. The molecule has 1 unspecified atom stereocenters. The van der Waals surface area contributed by atoms with Crippen LogP contribution in [0.2, 0.25) is 0 Å². The molecular weight excluding hydrogens is 178 g/mol. The Bertz CT molecular complexity index is 183. The third kappa shape index (κ3) is 2.73. The zero-order chi connectivity index (χ0) is 9.72. The Balaban J connectivity index is 4.30. The highest BCUT2D eigenvalue weighted by Gasteiger charge is 2.23. The Morgan fingerprint density at radius 1 is 1.67 bits per heavy atom. The third-order valence-corrected chi connectivity index (χ3v) is 1.88. The molecule has 0 heterocycles. The fourth-order valence-electron chi connectivity index (χ4n) is 0.716. The van der Waals surface area contributed by atoms with Gasteiger partial charge in [-0.05, 0) is 6.92 Å². The molecule has 1 amide bonds. The van der Waals surface area contributed by atoms with Crippen molar-refractivity contribution in [2.75, 3.05) is 12.8 Å². The standard InChI is InChI=1S/C7H12NO3S/c1-3-6(9)8(2)5(4-12)7(10)11/h5,12H,1,3-4H2,2H3,(H,10,11). The van der Waals surface area contributed by atoms with Gasteiger partial charge in [0, 0.05) is 19.2 Å². The molecule has 0 fully saturated rings. The molecule has 5 heteroatoms. The largest absolute Gasteiger partial charge is 0.480 e. The lowest BCUT2D eigenvalue weighted by molar-refractivity contribution is -0.147. The van der Waals surface area contributed by atoms with Crippen molar-refractivity contribution in [3.63, 3.8) is 0 Å². The maximum atomic E-state index is 11.0. The van der Waals surface area contributed by atoms with E-state index in [1.807, 2.05) is 0 Å². The summed E-state index contributed by atoms with van der Waals surface area (Å²) in [6, 6.07) is -0.859. The average Bonchev–Trinajstić information content (AvgIpc) is 2.03. The molecule has 0 aliphatic heterocycles. The summed E-state index contributed by atoms with van der Waals surface area (Å²) in [7, 11) is 1.43. The van der Waals surface area contributed by atoms with Gasteiger partial charge in [-0.15, -0.1) is 0 Å². The van der Waals surface area contributed by atoms with Crippen LogP contribution in [0.4, 0.5) is 0 Å². The van der Waals surface area contributed by atoms with E-state index in [9.17, 15) is 9.59 Å². The van der Waals surface area contributed by atoms with Crippen molar-refractivity contribution < 1.29 is 14.7 Å². The first-order valence-corrected chi connectivity index (χ1v) is 4.06. The zero-order valence-electron chi connectivity index (χ0n) is 6.86. The number of carboxylic acid groups (broad SMARTS) is 1. The average molecular weight is 190 g/mol. The number of amides is 1. The molecule has 0 aromatic rings. The number of aliphatic carboxylic acids is 1. The van der Waals surface area contributed by atoms with Crippen molar-refractivity contribution in [1.29, 1.82) is 0 Å². The minimum Gasteiger partial charge on any atom is -0.480 e. The summed E-state index contributed by atoms with van der Waals surface area (Å²) in [4.78, 5) is 22.7. The highest BCUT2D eigenvalue weighted by molar-refractivity contribution is 7.80. The van der Waals surface area contributed by atoms with Crippen molar-refractivity contribution in [3.05, 3.63) is 6.92 Å². The summed E-state index contributed by atoms with van der Waals surface area (Å²) in [5, 5.41) is 8.62. The predicted octanol–water partition coefficient (Wildman–Crippen LogP) is 0.0520. The van der Waals surface area contributed by atoms with Gasteiger partial charge in [0.2, 0.25) is 5.91 Å². The Morgan fingerprint density at radius 2 is 2.17 bits per heavy atom. The Morgan fingerprint density at radius 3 is 2.42 bits per heavy atom. The molecule has 1 atom stereocenters. The van der Waals surface area contributed by atoms with Gasteiger partial charge in [-0.2, -0.15) is 12.6 Å². The van der Waals surface area contributed by atoms with Crippen LogP contribution >= 0.6 is 12.6 Å². The van der Waals surface area contributed by atoms with Crippen LogP contribution in [-0.2, 0) is 9.59 Å². The molecule has 0 aromatic heterocycles. The number of thiol groups is 1. The molecule has 0 aliphatic rings. The van der Waals surface area contributed by atoms with E-state index in [-0.39, 0.29) is 18.1 Å². The van der Waals surface area contributed by atoms with Gasteiger partial charge in [-0.1, -0.05) is 0 Å². The smallest absolute Gasteiger partial charge is 0.327 e. The highest BCUT2D eigenvalue weighted by Crippen LogP contribution is 2.01. The quantitative estimate of drug-likeness (QED) is 0.616. The lowest BCUT2D eigenvalue weighted by Crippen LogP contribution is -2.43. The van der Waals surface area contributed by atoms with Gasteiger partial charge in [0.1, 0.15) is 6.04 Å². The minimum absolute atomic E-state index is 0.0635. The van der Waals surface area contributed by atoms with Crippen LogP contribution in [0, 0.1) is 6.92 Å². The lowest BCUT2D eigenvalue weighted by atomic mass is 10.3. The van der Waals surface area contributed by atoms with Crippen molar-refractivity contribution in [1.82, 2.24) is 4.90 Å². The fourth-order valence-corrected chi connectivity index (χ4v) is 1.12. The second kappa shape index (κ2) is 5.03. The summed E-state index contributed by atoms with van der Waals surface area (Å²) in [6.45, 7) is 3.37. The number of carboxylic acids is 1. The van der Waals surface area contributed by atoms with E-state index in [1.54, 1.807) is 0 Å². The maximum absolute atomic E-state index is 11.0. The molecular formula is C7H12NO3S. The van der Waals surface area contributed by atoms with Crippen LogP contribution in [0.3, 0.4) is 0 Å². The highest BCUT2D eigenvalue weighted by atomic mass is 32.1. The van der Waals surface area contributed by atoms with Crippen molar-refractivity contribution >= 4 is 24.5 Å². The van der Waals surface area contributed by atoms with Crippen LogP contribution in [-0.4, -0.2) is 40.7 Å². The van der Waals surface area contributed by atoms with E-state index < -0.39 is 12.0 Å². The first-order valence-electron chi connectivity index (χ1n) is 3.43. The summed E-state index contributed by atoms with van der Waals surface area (Å²) in [6.07, 6.45) is 0.0635. The predicted molar refractivity (Wildman–Crippen MR) is 48.0 cm³/mol. The Kier molecular flexibility index (Phi) is 4.73.